The van der Waals surface area contributed by atoms with E-state index in [4.69, 9.17) is 17.0 Å². The van der Waals surface area contributed by atoms with Crippen molar-refractivity contribution in [1.82, 2.24) is 9.88 Å². The van der Waals surface area contributed by atoms with Crippen LogP contribution in [0.15, 0.2) is 60.2 Å². The van der Waals surface area contributed by atoms with Crippen molar-refractivity contribution in [3.05, 3.63) is 82.7 Å². The Kier molecular flexibility index (Phi) is 6.38. The summed E-state index contributed by atoms with van der Waals surface area (Å²) in [4.78, 5) is 27.5. The molecule has 2 amide bonds. The Balaban J connectivity index is 1.71. The van der Waals surface area contributed by atoms with E-state index in [0.717, 1.165) is 22.6 Å². The van der Waals surface area contributed by atoms with Gasteiger partial charge in [-0.15, -0.1) is 0 Å². The number of ether oxygens (including phenoxy) is 1. The van der Waals surface area contributed by atoms with Gasteiger partial charge in [-0.05, 0) is 91.1 Å². The molecule has 2 heterocycles. The van der Waals surface area contributed by atoms with Gasteiger partial charge < -0.3 is 9.30 Å². The summed E-state index contributed by atoms with van der Waals surface area (Å²) in [5.41, 5.74) is 5.66. The van der Waals surface area contributed by atoms with Crippen molar-refractivity contribution < 1.29 is 14.3 Å². The Bertz CT molecular complexity index is 1340. The highest BCUT2D eigenvalue weighted by molar-refractivity contribution is 7.80. The molecule has 6 nitrogen and oxygen atoms in total. The zero-order valence-electron chi connectivity index (χ0n) is 20.8. The number of nitrogens with one attached hydrogen (secondary N) is 1. The number of amides is 2. The fourth-order valence-corrected chi connectivity index (χ4v) is 4.50. The van der Waals surface area contributed by atoms with E-state index in [-0.39, 0.29) is 16.1 Å². The van der Waals surface area contributed by atoms with E-state index < -0.39 is 11.8 Å². The van der Waals surface area contributed by atoms with Gasteiger partial charge in [0, 0.05) is 17.1 Å². The third-order valence-electron chi connectivity index (χ3n) is 6.19. The summed E-state index contributed by atoms with van der Waals surface area (Å²) >= 11 is 5.30. The van der Waals surface area contributed by atoms with Crippen LogP contribution in [0.25, 0.3) is 11.8 Å². The molecule has 4 rings (SSSR count). The molecule has 0 atom stereocenters. The Morgan fingerprint density at radius 3 is 2.11 bits per heavy atom. The third-order valence-corrected chi connectivity index (χ3v) is 6.48. The van der Waals surface area contributed by atoms with E-state index in [1.807, 2.05) is 19.9 Å². The zero-order valence-corrected chi connectivity index (χ0v) is 21.6. The van der Waals surface area contributed by atoms with Crippen LogP contribution < -0.4 is 15.0 Å². The first-order valence-electron chi connectivity index (χ1n) is 11.4. The lowest BCUT2D eigenvalue weighted by Crippen LogP contribution is -2.54. The molecular weight excluding hydrogens is 458 g/mol. The molecule has 1 N–H and O–H groups in total. The highest BCUT2D eigenvalue weighted by atomic mass is 32.1. The lowest BCUT2D eigenvalue weighted by atomic mass is 9.87. The SMILES string of the molecule is COc1ccc(N2C(=O)/C(=C/c3cc(C)n(-c4ccc(C(C)(C)C)cc4)c3C)C(=O)NC2=S)cc1. The highest BCUT2D eigenvalue weighted by Gasteiger charge is 2.34. The molecule has 0 spiro atoms. The largest absolute Gasteiger partial charge is 0.497 e. The van der Waals surface area contributed by atoms with Gasteiger partial charge in [0.1, 0.15) is 11.3 Å². The zero-order chi connectivity index (χ0) is 25.5. The second-order valence-corrected chi connectivity index (χ2v) is 10.0. The monoisotopic (exact) mass is 487 g/mol. The summed E-state index contributed by atoms with van der Waals surface area (Å²) in [6, 6.07) is 17.4. The molecule has 1 aliphatic heterocycles. The standard InChI is InChI=1S/C28H29N3O3S/c1-17-15-19(18(2)30(17)21-9-7-20(8-10-21)28(3,4)5)16-24-25(32)29-27(35)31(26(24)33)22-11-13-23(34-6)14-12-22/h7-16H,1-6H3,(H,29,32,35)/b24-16+. The molecule has 0 unspecified atom stereocenters. The molecule has 3 aromatic rings. The van der Waals surface area contributed by atoms with Gasteiger partial charge in [0.2, 0.25) is 0 Å². The van der Waals surface area contributed by atoms with Crippen LogP contribution in [-0.4, -0.2) is 28.6 Å². The van der Waals surface area contributed by atoms with Crippen molar-refractivity contribution >= 4 is 40.9 Å². The summed E-state index contributed by atoms with van der Waals surface area (Å²) in [6.45, 7) is 10.5. The van der Waals surface area contributed by atoms with Crippen LogP contribution >= 0.6 is 12.2 Å². The number of anilines is 1. The first-order valence-corrected chi connectivity index (χ1v) is 11.8. The summed E-state index contributed by atoms with van der Waals surface area (Å²) in [5, 5.41) is 2.69. The number of aromatic nitrogens is 1. The maximum atomic E-state index is 13.4. The van der Waals surface area contributed by atoms with Gasteiger partial charge in [-0.2, -0.15) is 0 Å². The Morgan fingerprint density at radius 1 is 0.943 bits per heavy atom. The van der Waals surface area contributed by atoms with Crippen molar-refractivity contribution in [2.45, 2.75) is 40.0 Å². The molecule has 0 bridgehead atoms. The maximum Gasteiger partial charge on any atom is 0.270 e. The van der Waals surface area contributed by atoms with E-state index in [9.17, 15) is 9.59 Å². The van der Waals surface area contributed by atoms with E-state index in [1.54, 1.807) is 37.5 Å². The number of rotatable bonds is 4. The van der Waals surface area contributed by atoms with E-state index >= 15 is 0 Å². The number of carbonyl (C=O) groups excluding carboxylic acids is 2. The quantitative estimate of drug-likeness (QED) is 0.311. The Labute approximate surface area is 211 Å². The van der Waals surface area contributed by atoms with Crippen LogP contribution in [0, 0.1) is 13.8 Å². The van der Waals surface area contributed by atoms with Gasteiger partial charge in [-0.1, -0.05) is 32.9 Å². The predicted molar refractivity (Wildman–Crippen MR) is 143 cm³/mol. The van der Waals surface area contributed by atoms with Gasteiger partial charge in [-0.3, -0.25) is 19.8 Å². The summed E-state index contributed by atoms with van der Waals surface area (Å²) in [7, 11) is 1.57. The molecule has 0 aliphatic carbocycles. The Hall–Kier alpha value is -3.71. The molecule has 7 heteroatoms. The number of methoxy groups -OCH3 is 1. The minimum Gasteiger partial charge on any atom is -0.497 e. The smallest absolute Gasteiger partial charge is 0.270 e. The van der Waals surface area contributed by atoms with Crippen LogP contribution in [0.3, 0.4) is 0 Å². The van der Waals surface area contributed by atoms with E-state index in [1.165, 1.54) is 10.5 Å². The van der Waals surface area contributed by atoms with Crippen molar-refractivity contribution in [2.24, 2.45) is 0 Å². The lowest BCUT2D eigenvalue weighted by molar-refractivity contribution is -0.122. The topological polar surface area (TPSA) is 63.6 Å². The molecule has 0 saturated carbocycles. The number of thiocarbonyl (C=S) groups is 1. The van der Waals surface area contributed by atoms with Gasteiger partial charge in [0.15, 0.2) is 5.11 Å². The number of benzene rings is 2. The van der Waals surface area contributed by atoms with Crippen LogP contribution in [-0.2, 0) is 15.0 Å². The van der Waals surface area contributed by atoms with E-state index in [2.05, 4.69) is 54.9 Å². The second kappa shape index (κ2) is 9.15. The molecule has 2 aromatic carbocycles. The van der Waals surface area contributed by atoms with Crippen LogP contribution in [0.4, 0.5) is 5.69 Å². The van der Waals surface area contributed by atoms with Gasteiger partial charge in [0.25, 0.3) is 11.8 Å². The van der Waals surface area contributed by atoms with Crippen molar-refractivity contribution in [3.8, 4) is 11.4 Å². The fraction of sp³-hybridized carbons (Fsp3) is 0.250. The fourth-order valence-electron chi connectivity index (χ4n) is 4.22. The Morgan fingerprint density at radius 2 is 1.54 bits per heavy atom. The summed E-state index contributed by atoms with van der Waals surface area (Å²) in [5.74, 6) is -0.320. The predicted octanol–water partition coefficient (Wildman–Crippen LogP) is 5.23. The molecule has 0 radical (unpaired) electrons. The van der Waals surface area contributed by atoms with Crippen LogP contribution in [0.5, 0.6) is 5.75 Å². The summed E-state index contributed by atoms with van der Waals surface area (Å²) < 4.78 is 7.31. The second-order valence-electron chi connectivity index (χ2n) is 9.61. The lowest BCUT2D eigenvalue weighted by Gasteiger charge is -2.29. The molecular formula is C28H29N3O3S. The molecule has 1 aromatic heterocycles. The van der Waals surface area contributed by atoms with Gasteiger partial charge in [0.05, 0.1) is 12.8 Å². The van der Waals surface area contributed by atoms with Crippen LogP contribution in [0.2, 0.25) is 0 Å². The van der Waals surface area contributed by atoms with Crippen molar-refractivity contribution in [2.75, 3.05) is 12.0 Å². The number of hydrogen-bond donors (Lipinski definition) is 1. The van der Waals surface area contributed by atoms with Crippen molar-refractivity contribution in [3.63, 3.8) is 0 Å². The van der Waals surface area contributed by atoms with Crippen molar-refractivity contribution in [1.29, 1.82) is 0 Å². The maximum absolute atomic E-state index is 13.4. The summed E-state index contributed by atoms with van der Waals surface area (Å²) in [6.07, 6.45) is 1.64. The normalized spacial score (nSPS) is 15.5. The molecule has 180 valence electrons. The number of hydrogen-bond acceptors (Lipinski definition) is 4. The third kappa shape index (κ3) is 4.64. The first kappa shape index (κ1) is 24.4. The van der Waals surface area contributed by atoms with Gasteiger partial charge in [-0.25, -0.2) is 0 Å². The number of aryl methyl sites for hydroxylation is 1. The molecule has 35 heavy (non-hydrogen) atoms. The molecule has 1 saturated heterocycles. The first-order chi connectivity index (χ1) is 16.5. The highest BCUT2D eigenvalue weighted by Crippen LogP contribution is 2.28. The minimum absolute atomic E-state index is 0.0257. The number of carbonyl (C=O) groups is 2. The number of nitrogens with zero attached hydrogens (tertiary/aromatic N) is 2. The average molecular weight is 488 g/mol. The molecule has 1 aliphatic rings. The molecule has 1 fully saturated rings. The van der Waals surface area contributed by atoms with E-state index in [0.29, 0.717) is 11.4 Å². The van der Waals surface area contributed by atoms with Gasteiger partial charge >= 0.3 is 0 Å². The minimum atomic E-state index is -0.510. The average Bonchev–Trinajstić information content (AvgIpc) is 3.09. The van der Waals surface area contributed by atoms with Crippen LogP contribution in [0.1, 0.15) is 43.3 Å².